The molecule has 1 rings (SSSR count). The van der Waals surface area contributed by atoms with Gasteiger partial charge in [-0.25, -0.2) is 4.39 Å². The molecule has 0 atom stereocenters. The summed E-state index contributed by atoms with van der Waals surface area (Å²) in [5.41, 5.74) is 0.776. The minimum atomic E-state index is -0.971. The topological polar surface area (TPSA) is 66.4 Å². The van der Waals surface area contributed by atoms with Crippen LogP contribution in [0.2, 0.25) is 0 Å². The van der Waals surface area contributed by atoms with Gasteiger partial charge in [0.05, 0.1) is 10.9 Å². The molecule has 18 heavy (non-hydrogen) atoms. The van der Waals surface area contributed by atoms with Crippen LogP contribution in [0, 0.1) is 5.82 Å². The van der Waals surface area contributed by atoms with Crippen LogP contribution in [0.25, 0.3) is 6.08 Å². The zero-order valence-corrected chi connectivity index (χ0v) is 11.1. The molecule has 4 nitrogen and oxygen atoms in total. The Labute approximate surface area is 112 Å². The number of amides is 1. The second kappa shape index (κ2) is 6.30. The Balaban J connectivity index is 3.02. The lowest BCUT2D eigenvalue weighted by Crippen LogP contribution is -2.06. The number of carboxylic acids is 1. The zero-order valence-electron chi connectivity index (χ0n) is 9.54. The quantitative estimate of drug-likeness (QED) is 0.897. The minimum absolute atomic E-state index is 0.154. The molecule has 1 aromatic carbocycles. The molecule has 1 aromatic rings. The Morgan fingerprint density at radius 3 is 2.72 bits per heavy atom. The van der Waals surface area contributed by atoms with Crippen molar-refractivity contribution in [3.8, 4) is 0 Å². The van der Waals surface area contributed by atoms with Crippen LogP contribution in [0.4, 0.5) is 10.1 Å². The van der Waals surface area contributed by atoms with Crippen molar-refractivity contribution in [2.45, 2.75) is 13.3 Å². The molecule has 2 N–H and O–H groups in total. The molecule has 0 saturated heterocycles. The van der Waals surface area contributed by atoms with Crippen molar-refractivity contribution in [3.05, 3.63) is 34.1 Å². The highest BCUT2D eigenvalue weighted by molar-refractivity contribution is 9.10. The molecule has 0 fully saturated rings. The normalized spacial score (nSPS) is 10.6. The summed E-state index contributed by atoms with van der Waals surface area (Å²) >= 11 is 3.06. The van der Waals surface area contributed by atoms with E-state index in [1.54, 1.807) is 6.07 Å². The lowest BCUT2D eigenvalue weighted by atomic mass is 10.1. The van der Waals surface area contributed by atoms with Crippen LogP contribution in [0.1, 0.15) is 18.9 Å². The Bertz CT molecular complexity index is 514. The van der Waals surface area contributed by atoms with Crippen LogP contribution < -0.4 is 5.32 Å². The van der Waals surface area contributed by atoms with E-state index in [1.165, 1.54) is 25.1 Å². The summed E-state index contributed by atoms with van der Waals surface area (Å²) in [6, 6.07) is 2.73. The van der Waals surface area contributed by atoms with Crippen LogP contribution in [0.5, 0.6) is 0 Å². The molecule has 0 spiro atoms. The van der Waals surface area contributed by atoms with Crippen molar-refractivity contribution < 1.29 is 19.1 Å². The third kappa shape index (κ3) is 4.29. The highest BCUT2D eigenvalue weighted by Crippen LogP contribution is 2.26. The van der Waals surface area contributed by atoms with E-state index in [1.807, 2.05) is 0 Å². The fourth-order valence-electron chi connectivity index (χ4n) is 1.29. The van der Waals surface area contributed by atoms with Crippen molar-refractivity contribution in [2.24, 2.45) is 0 Å². The number of nitrogens with one attached hydrogen (secondary N) is 1. The number of benzene rings is 1. The van der Waals surface area contributed by atoms with E-state index >= 15 is 0 Å². The van der Waals surface area contributed by atoms with Gasteiger partial charge in [-0.2, -0.15) is 0 Å². The predicted molar refractivity (Wildman–Crippen MR) is 69.7 cm³/mol. The van der Waals surface area contributed by atoms with Gasteiger partial charge in [0, 0.05) is 12.6 Å². The van der Waals surface area contributed by atoms with Crippen molar-refractivity contribution in [1.29, 1.82) is 0 Å². The molecule has 96 valence electrons. The highest BCUT2D eigenvalue weighted by atomic mass is 79.9. The van der Waals surface area contributed by atoms with Crippen molar-refractivity contribution >= 4 is 39.6 Å². The van der Waals surface area contributed by atoms with E-state index in [0.717, 1.165) is 0 Å². The van der Waals surface area contributed by atoms with E-state index in [0.29, 0.717) is 11.3 Å². The van der Waals surface area contributed by atoms with Crippen LogP contribution >= 0.6 is 15.9 Å². The standard InChI is InChI=1S/C12H11BrFNO3/c1-7(16)15-9-5-8(3-2-4-11(17)18)12(13)10(14)6-9/h2-3,5-6H,4H2,1H3,(H,15,16)(H,17,18)/b3-2+. The molecule has 1 amide bonds. The van der Waals surface area contributed by atoms with Crippen molar-refractivity contribution in [1.82, 2.24) is 0 Å². The molecule has 0 aliphatic heterocycles. The van der Waals surface area contributed by atoms with Gasteiger partial charge in [0.25, 0.3) is 0 Å². The van der Waals surface area contributed by atoms with Crippen LogP contribution in [0.3, 0.4) is 0 Å². The van der Waals surface area contributed by atoms with E-state index in [9.17, 15) is 14.0 Å². The molecule has 0 unspecified atom stereocenters. The molecule has 0 saturated carbocycles. The number of carbonyl (C=O) groups is 2. The van der Waals surface area contributed by atoms with Gasteiger partial charge in [-0.05, 0) is 33.6 Å². The van der Waals surface area contributed by atoms with Crippen LogP contribution in [-0.2, 0) is 9.59 Å². The molecule has 0 aromatic heterocycles. The number of hydrogen-bond donors (Lipinski definition) is 2. The number of hydrogen-bond acceptors (Lipinski definition) is 2. The van der Waals surface area contributed by atoms with Crippen LogP contribution in [0.15, 0.2) is 22.7 Å². The maximum atomic E-state index is 13.5. The first kappa shape index (κ1) is 14.4. The lowest BCUT2D eigenvalue weighted by Gasteiger charge is -2.06. The average molecular weight is 316 g/mol. The third-order valence-corrected chi connectivity index (χ3v) is 2.80. The minimum Gasteiger partial charge on any atom is -0.481 e. The first-order chi connectivity index (χ1) is 8.40. The Hall–Kier alpha value is -1.69. The van der Waals surface area contributed by atoms with Gasteiger partial charge in [-0.15, -0.1) is 0 Å². The number of anilines is 1. The van der Waals surface area contributed by atoms with Crippen LogP contribution in [-0.4, -0.2) is 17.0 Å². The molecule has 6 heteroatoms. The van der Waals surface area contributed by atoms with Crippen molar-refractivity contribution in [2.75, 3.05) is 5.32 Å². The monoisotopic (exact) mass is 315 g/mol. The molecular weight excluding hydrogens is 305 g/mol. The number of aliphatic carboxylic acids is 1. The Morgan fingerprint density at radius 1 is 1.50 bits per heavy atom. The lowest BCUT2D eigenvalue weighted by molar-refractivity contribution is -0.136. The summed E-state index contributed by atoms with van der Waals surface area (Å²) in [4.78, 5) is 21.2. The summed E-state index contributed by atoms with van der Waals surface area (Å²) in [6.07, 6.45) is 2.73. The fraction of sp³-hybridized carbons (Fsp3) is 0.167. The second-order valence-corrected chi connectivity index (χ2v) is 4.34. The van der Waals surface area contributed by atoms with Gasteiger partial charge in [-0.1, -0.05) is 12.2 Å². The van der Waals surface area contributed by atoms with Gasteiger partial charge >= 0.3 is 5.97 Å². The number of halogens is 2. The van der Waals surface area contributed by atoms with E-state index in [-0.39, 0.29) is 16.8 Å². The molecule has 0 radical (unpaired) electrons. The SMILES string of the molecule is CC(=O)Nc1cc(F)c(Br)c(/C=C/CC(=O)O)c1. The fourth-order valence-corrected chi connectivity index (χ4v) is 1.65. The Kier molecular flexibility index (Phi) is 5.03. The third-order valence-electron chi connectivity index (χ3n) is 1.97. The van der Waals surface area contributed by atoms with Gasteiger partial charge in [0.15, 0.2) is 0 Å². The molecule has 0 heterocycles. The highest BCUT2D eigenvalue weighted by Gasteiger charge is 2.07. The first-order valence-corrected chi connectivity index (χ1v) is 5.84. The van der Waals surface area contributed by atoms with Gasteiger partial charge in [0.2, 0.25) is 5.91 Å². The molecule has 0 bridgehead atoms. The van der Waals surface area contributed by atoms with Gasteiger partial charge in [-0.3, -0.25) is 9.59 Å². The second-order valence-electron chi connectivity index (χ2n) is 3.54. The summed E-state index contributed by atoms with van der Waals surface area (Å²) in [7, 11) is 0. The zero-order chi connectivity index (χ0) is 13.7. The Morgan fingerprint density at radius 2 is 2.17 bits per heavy atom. The average Bonchev–Trinajstić information content (AvgIpc) is 2.23. The molecule has 0 aliphatic carbocycles. The summed E-state index contributed by atoms with van der Waals surface area (Å²) in [6.45, 7) is 1.32. The molecular formula is C12H11BrFNO3. The van der Waals surface area contributed by atoms with E-state index in [4.69, 9.17) is 5.11 Å². The number of carbonyl (C=O) groups excluding carboxylic acids is 1. The van der Waals surface area contributed by atoms with Gasteiger partial charge < -0.3 is 10.4 Å². The largest absolute Gasteiger partial charge is 0.481 e. The summed E-state index contributed by atoms with van der Waals surface area (Å²) in [5, 5.41) is 11.0. The summed E-state index contributed by atoms with van der Waals surface area (Å²) in [5.74, 6) is -1.81. The summed E-state index contributed by atoms with van der Waals surface area (Å²) < 4.78 is 13.7. The van der Waals surface area contributed by atoms with Crippen molar-refractivity contribution in [3.63, 3.8) is 0 Å². The first-order valence-electron chi connectivity index (χ1n) is 5.05. The van der Waals surface area contributed by atoms with Gasteiger partial charge in [0.1, 0.15) is 5.82 Å². The van der Waals surface area contributed by atoms with E-state index < -0.39 is 11.8 Å². The smallest absolute Gasteiger partial charge is 0.307 e. The number of rotatable bonds is 4. The maximum absolute atomic E-state index is 13.5. The molecule has 0 aliphatic rings. The maximum Gasteiger partial charge on any atom is 0.307 e. The van der Waals surface area contributed by atoms with E-state index in [2.05, 4.69) is 21.2 Å². The predicted octanol–water partition coefficient (Wildman–Crippen LogP) is 3.03. The number of carboxylic acid groups (broad SMARTS) is 1.